The summed E-state index contributed by atoms with van der Waals surface area (Å²) in [6.07, 6.45) is 0. The summed E-state index contributed by atoms with van der Waals surface area (Å²) in [6.45, 7) is 2.55. The van der Waals surface area contributed by atoms with Gasteiger partial charge in [0.1, 0.15) is 0 Å². The third-order valence-corrected chi connectivity index (χ3v) is 1.90. The van der Waals surface area contributed by atoms with Crippen molar-refractivity contribution in [1.82, 2.24) is 10.3 Å². The van der Waals surface area contributed by atoms with Crippen LogP contribution in [0.5, 0.6) is 0 Å². The van der Waals surface area contributed by atoms with Crippen LogP contribution in [0.15, 0.2) is 18.2 Å². The number of ether oxygens (including phenoxy) is 2. The Morgan fingerprint density at radius 2 is 2.07 bits per heavy atom. The van der Waals surface area contributed by atoms with Gasteiger partial charge in [-0.15, -0.1) is 0 Å². The molecular formula is C11H18N2O2. The first-order valence-corrected chi connectivity index (χ1v) is 5.03. The van der Waals surface area contributed by atoms with Crippen LogP contribution in [0.4, 0.5) is 0 Å². The number of rotatable bonds is 7. The van der Waals surface area contributed by atoms with Crippen LogP contribution in [0.1, 0.15) is 11.4 Å². The van der Waals surface area contributed by atoms with Crippen LogP contribution < -0.4 is 5.32 Å². The Morgan fingerprint density at radius 1 is 1.27 bits per heavy atom. The average Bonchev–Trinajstić information content (AvgIpc) is 2.26. The average molecular weight is 210 g/mol. The summed E-state index contributed by atoms with van der Waals surface area (Å²) in [5.41, 5.74) is 1.99. The second kappa shape index (κ2) is 7.34. The Labute approximate surface area is 90.6 Å². The minimum atomic E-state index is 0.543. The zero-order valence-corrected chi connectivity index (χ0v) is 9.32. The van der Waals surface area contributed by atoms with Gasteiger partial charge in [-0.3, -0.25) is 4.98 Å². The molecule has 0 saturated carbocycles. The molecular weight excluding hydrogens is 192 g/mol. The third-order valence-electron chi connectivity index (χ3n) is 1.90. The van der Waals surface area contributed by atoms with Crippen molar-refractivity contribution in [2.24, 2.45) is 0 Å². The van der Waals surface area contributed by atoms with Crippen LogP contribution in [0.25, 0.3) is 0 Å². The standard InChI is InChI=1S/C11H18N2O2/c1-12-8-10-4-3-5-11(13-10)9-15-7-6-14-2/h3-5,12H,6-9H2,1-2H3. The fourth-order valence-electron chi connectivity index (χ4n) is 1.21. The maximum atomic E-state index is 5.39. The Hall–Kier alpha value is -0.970. The molecule has 0 aliphatic rings. The molecule has 1 rings (SSSR count). The summed E-state index contributed by atoms with van der Waals surface area (Å²) in [4.78, 5) is 4.43. The van der Waals surface area contributed by atoms with Crippen molar-refractivity contribution in [2.75, 3.05) is 27.4 Å². The summed E-state index contributed by atoms with van der Waals surface area (Å²) in [6, 6.07) is 5.95. The minimum Gasteiger partial charge on any atom is -0.382 e. The Bertz CT molecular complexity index is 279. The van der Waals surface area contributed by atoms with Crippen molar-refractivity contribution in [1.29, 1.82) is 0 Å². The van der Waals surface area contributed by atoms with E-state index in [1.54, 1.807) is 7.11 Å². The largest absolute Gasteiger partial charge is 0.382 e. The summed E-state index contributed by atoms with van der Waals surface area (Å²) in [5.74, 6) is 0. The van der Waals surface area contributed by atoms with Gasteiger partial charge in [0.2, 0.25) is 0 Å². The van der Waals surface area contributed by atoms with Crippen LogP contribution in [-0.2, 0) is 22.6 Å². The SMILES string of the molecule is CNCc1cccc(COCCOC)n1. The molecule has 0 spiro atoms. The van der Waals surface area contributed by atoms with E-state index >= 15 is 0 Å². The predicted octanol–water partition coefficient (Wildman–Crippen LogP) is 0.964. The number of methoxy groups -OCH3 is 1. The fraction of sp³-hybridized carbons (Fsp3) is 0.545. The van der Waals surface area contributed by atoms with Crippen LogP contribution in [0, 0.1) is 0 Å². The van der Waals surface area contributed by atoms with E-state index in [4.69, 9.17) is 9.47 Å². The molecule has 0 unspecified atom stereocenters. The maximum absolute atomic E-state index is 5.39. The van der Waals surface area contributed by atoms with Gasteiger partial charge in [0.15, 0.2) is 0 Å². The maximum Gasteiger partial charge on any atom is 0.0889 e. The van der Waals surface area contributed by atoms with E-state index < -0.39 is 0 Å². The molecule has 84 valence electrons. The minimum absolute atomic E-state index is 0.543. The molecule has 1 heterocycles. The third kappa shape index (κ3) is 4.88. The van der Waals surface area contributed by atoms with Crippen LogP contribution in [0.2, 0.25) is 0 Å². The van der Waals surface area contributed by atoms with Crippen LogP contribution in [0.3, 0.4) is 0 Å². The lowest BCUT2D eigenvalue weighted by atomic mass is 10.3. The van der Waals surface area contributed by atoms with Crippen LogP contribution >= 0.6 is 0 Å². The summed E-state index contributed by atoms with van der Waals surface area (Å²) >= 11 is 0. The molecule has 0 aliphatic carbocycles. The van der Waals surface area contributed by atoms with Gasteiger partial charge in [-0.2, -0.15) is 0 Å². The molecule has 1 aromatic rings. The van der Waals surface area contributed by atoms with E-state index in [1.165, 1.54) is 0 Å². The fourth-order valence-corrected chi connectivity index (χ4v) is 1.21. The van der Waals surface area contributed by atoms with Gasteiger partial charge in [-0.05, 0) is 19.2 Å². The lowest BCUT2D eigenvalue weighted by Gasteiger charge is -2.05. The lowest BCUT2D eigenvalue weighted by molar-refractivity contribution is 0.0601. The van der Waals surface area contributed by atoms with Gasteiger partial charge in [0, 0.05) is 13.7 Å². The molecule has 0 bridgehead atoms. The predicted molar refractivity (Wildman–Crippen MR) is 58.5 cm³/mol. The summed E-state index contributed by atoms with van der Waals surface area (Å²) in [5, 5.41) is 3.06. The summed E-state index contributed by atoms with van der Waals surface area (Å²) in [7, 11) is 3.57. The molecule has 0 aromatic carbocycles. The van der Waals surface area contributed by atoms with Gasteiger partial charge in [0.25, 0.3) is 0 Å². The van der Waals surface area contributed by atoms with Gasteiger partial charge < -0.3 is 14.8 Å². The first kappa shape index (κ1) is 12.1. The molecule has 0 aliphatic heterocycles. The normalized spacial score (nSPS) is 10.5. The zero-order valence-electron chi connectivity index (χ0n) is 9.32. The van der Waals surface area contributed by atoms with E-state index in [1.807, 2.05) is 25.2 Å². The molecule has 1 N–H and O–H groups in total. The van der Waals surface area contributed by atoms with Gasteiger partial charge in [0.05, 0.1) is 31.2 Å². The van der Waals surface area contributed by atoms with Crippen molar-refractivity contribution in [3.63, 3.8) is 0 Å². The molecule has 0 radical (unpaired) electrons. The highest BCUT2D eigenvalue weighted by atomic mass is 16.5. The van der Waals surface area contributed by atoms with Crippen molar-refractivity contribution in [3.05, 3.63) is 29.6 Å². The van der Waals surface area contributed by atoms with Gasteiger partial charge >= 0.3 is 0 Å². The highest BCUT2D eigenvalue weighted by Gasteiger charge is 1.97. The quantitative estimate of drug-likeness (QED) is 0.681. The van der Waals surface area contributed by atoms with E-state index in [2.05, 4.69) is 10.3 Å². The monoisotopic (exact) mass is 210 g/mol. The van der Waals surface area contributed by atoms with Crippen LogP contribution in [-0.4, -0.2) is 32.4 Å². The lowest BCUT2D eigenvalue weighted by Crippen LogP contribution is -2.09. The molecule has 4 nitrogen and oxygen atoms in total. The number of hydrogen-bond donors (Lipinski definition) is 1. The van der Waals surface area contributed by atoms with Crippen molar-refractivity contribution < 1.29 is 9.47 Å². The highest BCUT2D eigenvalue weighted by Crippen LogP contribution is 2.00. The van der Waals surface area contributed by atoms with E-state index in [9.17, 15) is 0 Å². The first-order valence-electron chi connectivity index (χ1n) is 5.03. The Balaban J connectivity index is 2.36. The number of nitrogens with one attached hydrogen (secondary N) is 1. The number of aromatic nitrogens is 1. The van der Waals surface area contributed by atoms with Gasteiger partial charge in [-0.25, -0.2) is 0 Å². The topological polar surface area (TPSA) is 43.4 Å². The highest BCUT2D eigenvalue weighted by molar-refractivity contribution is 5.10. The number of pyridine rings is 1. The van der Waals surface area contributed by atoms with Crippen molar-refractivity contribution >= 4 is 0 Å². The zero-order chi connectivity index (χ0) is 10.9. The number of nitrogens with zero attached hydrogens (tertiary/aromatic N) is 1. The Kier molecular flexibility index (Phi) is 5.92. The second-order valence-corrected chi connectivity index (χ2v) is 3.20. The molecule has 4 heteroatoms. The van der Waals surface area contributed by atoms with E-state index in [0.29, 0.717) is 19.8 Å². The van der Waals surface area contributed by atoms with Crippen molar-refractivity contribution in [2.45, 2.75) is 13.2 Å². The first-order chi connectivity index (χ1) is 7.36. The summed E-state index contributed by atoms with van der Waals surface area (Å²) < 4.78 is 10.3. The molecule has 1 aromatic heterocycles. The van der Waals surface area contributed by atoms with E-state index in [-0.39, 0.29) is 0 Å². The second-order valence-electron chi connectivity index (χ2n) is 3.20. The van der Waals surface area contributed by atoms with Gasteiger partial charge in [-0.1, -0.05) is 6.07 Å². The molecule has 0 amide bonds. The number of hydrogen-bond acceptors (Lipinski definition) is 4. The molecule has 0 atom stereocenters. The van der Waals surface area contributed by atoms with Crippen molar-refractivity contribution in [3.8, 4) is 0 Å². The molecule has 15 heavy (non-hydrogen) atoms. The van der Waals surface area contributed by atoms with E-state index in [0.717, 1.165) is 17.9 Å². The molecule has 0 fully saturated rings. The smallest absolute Gasteiger partial charge is 0.0889 e. The Morgan fingerprint density at radius 3 is 2.80 bits per heavy atom. The molecule has 0 saturated heterocycles.